The number of hydrogen-bond donors (Lipinski definition) is 0. The average Bonchev–Trinajstić information content (AvgIpc) is 2.56. The van der Waals surface area contributed by atoms with Crippen LogP contribution in [0.1, 0.15) is 17.0 Å². The second kappa shape index (κ2) is 4.63. The van der Waals surface area contributed by atoms with Crippen molar-refractivity contribution in [1.82, 2.24) is 9.78 Å². The summed E-state index contributed by atoms with van der Waals surface area (Å²) in [7, 11) is 0. The highest BCUT2D eigenvalue weighted by Crippen LogP contribution is 2.27. The molecule has 0 saturated carbocycles. The molecule has 0 atom stereocenters. The molecule has 0 aliphatic carbocycles. The second-order valence-corrected chi connectivity index (χ2v) is 5.29. The molecule has 1 heterocycles. The van der Waals surface area contributed by atoms with E-state index >= 15 is 0 Å². The lowest BCUT2D eigenvalue weighted by molar-refractivity contribution is 0.830. The summed E-state index contributed by atoms with van der Waals surface area (Å²) in [5.74, 6) is 0. The Morgan fingerprint density at radius 3 is 2.53 bits per heavy atom. The lowest BCUT2D eigenvalue weighted by Crippen LogP contribution is -2.02. The Morgan fingerprint density at radius 1 is 1.29 bits per heavy atom. The number of nitriles is 1. The zero-order chi connectivity index (χ0) is 12.6. The summed E-state index contributed by atoms with van der Waals surface area (Å²) in [4.78, 5) is 0. The predicted molar refractivity (Wildman–Crippen MR) is 73.2 cm³/mol. The van der Waals surface area contributed by atoms with Gasteiger partial charge < -0.3 is 0 Å². The first kappa shape index (κ1) is 12.3. The number of rotatable bonds is 1. The zero-order valence-corrected chi connectivity index (χ0v) is 12.5. The molecule has 0 aliphatic rings. The van der Waals surface area contributed by atoms with E-state index in [2.05, 4.69) is 43.0 Å². The van der Waals surface area contributed by atoms with Crippen LogP contribution in [-0.2, 0) is 0 Å². The first-order valence-corrected chi connectivity index (χ1v) is 6.55. The lowest BCUT2D eigenvalue weighted by Gasteiger charge is -2.07. The van der Waals surface area contributed by atoms with Crippen LogP contribution in [0.25, 0.3) is 5.69 Å². The predicted octanol–water partition coefficient (Wildman–Crippen LogP) is 3.89. The summed E-state index contributed by atoms with van der Waals surface area (Å²) in [5, 5.41) is 13.6. The highest BCUT2D eigenvalue weighted by molar-refractivity contribution is 9.10. The topological polar surface area (TPSA) is 41.6 Å². The van der Waals surface area contributed by atoms with Gasteiger partial charge >= 0.3 is 0 Å². The van der Waals surface area contributed by atoms with Crippen LogP contribution in [0.5, 0.6) is 0 Å². The van der Waals surface area contributed by atoms with Crippen LogP contribution in [-0.4, -0.2) is 9.78 Å². The number of hydrogen-bond acceptors (Lipinski definition) is 2. The van der Waals surface area contributed by atoms with Gasteiger partial charge in [0.15, 0.2) is 0 Å². The van der Waals surface area contributed by atoms with E-state index in [1.807, 2.05) is 32.0 Å². The molecule has 0 spiro atoms. The van der Waals surface area contributed by atoms with Crippen molar-refractivity contribution in [3.8, 4) is 11.8 Å². The summed E-state index contributed by atoms with van der Waals surface area (Å²) < 4.78 is 3.53. The van der Waals surface area contributed by atoms with Crippen LogP contribution in [0.4, 0.5) is 0 Å². The van der Waals surface area contributed by atoms with Gasteiger partial charge in [0, 0.05) is 4.47 Å². The minimum absolute atomic E-state index is 0.589. The third kappa shape index (κ3) is 2.03. The molecule has 0 saturated heterocycles. The van der Waals surface area contributed by atoms with Crippen LogP contribution < -0.4 is 0 Å². The Kier molecular flexibility index (Phi) is 3.36. The molecule has 0 amide bonds. The molecular weight excluding hydrogens is 346 g/mol. The first-order chi connectivity index (χ1) is 8.06. The van der Waals surface area contributed by atoms with Crippen molar-refractivity contribution in [2.24, 2.45) is 0 Å². The minimum Gasteiger partial charge on any atom is -0.235 e. The molecule has 17 heavy (non-hydrogen) atoms. The third-order valence-electron chi connectivity index (χ3n) is 2.53. The van der Waals surface area contributed by atoms with E-state index in [1.165, 1.54) is 0 Å². The van der Waals surface area contributed by atoms with E-state index in [-0.39, 0.29) is 0 Å². The van der Waals surface area contributed by atoms with E-state index in [0.29, 0.717) is 5.56 Å². The van der Waals surface area contributed by atoms with E-state index in [9.17, 15) is 5.26 Å². The van der Waals surface area contributed by atoms with Gasteiger partial charge in [-0.2, -0.15) is 10.4 Å². The van der Waals surface area contributed by atoms with Gasteiger partial charge in [0.05, 0.1) is 27.1 Å². The van der Waals surface area contributed by atoms with E-state index in [4.69, 9.17) is 0 Å². The van der Waals surface area contributed by atoms with Crippen molar-refractivity contribution < 1.29 is 0 Å². The molecule has 86 valence electrons. The standard InChI is InChI=1S/C12H9Br2N3/c1-7-12(14)8(2)17(16-7)11-5-3-4-10(13)9(11)6-15/h3-5H,1-2H3. The molecule has 0 bridgehead atoms. The van der Waals surface area contributed by atoms with Crippen LogP contribution in [0.3, 0.4) is 0 Å². The molecule has 1 aromatic heterocycles. The summed E-state index contributed by atoms with van der Waals surface area (Å²) in [6.45, 7) is 3.89. The van der Waals surface area contributed by atoms with Crippen molar-refractivity contribution in [3.05, 3.63) is 44.1 Å². The molecule has 0 radical (unpaired) electrons. The van der Waals surface area contributed by atoms with Crippen LogP contribution >= 0.6 is 31.9 Å². The number of benzene rings is 1. The maximum atomic E-state index is 9.19. The monoisotopic (exact) mass is 353 g/mol. The van der Waals surface area contributed by atoms with Gasteiger partial charge in [-0.3, -0.25) is 0 Å². The minimum atomic E-state index is 0.589. The van der Waals surface area contributed by atoms with Gasteiger partial charge in [0.1, 0.15) is 6.07 Å². The molecule has 0 N–H and O–H groups in total. The fourth-order valence-electron chi connectivity index (χ4n) is 1.66. The van der Waals surface area contributed by atoms with Crippen molar-refractivity contribution >= 4 is 31.9 Å². The summed E-state index contributed by atoms with van der Waals surface area (Å²) >= 11 is 6.86. The third-order valence-corrected chi connectivity index (χ3v) is 4.34. The highest BCUT2D eigenvalue weighted by Gasteiger charge is 2.14. The van der Waals surface area contributed by atoms with E-state index in [1.54, 1.807) is 4.68 Å². The van der Waals surface area contributed by atoms with Gasteiger partial charge in [-0.25, -0.2) is 4.68 Å². The molecule has 2 rings (SSSR count). The Morgan fingerprint density at radius 2 is 2.00 bits per heavy atom. The van der Waals surface area contributed by atoms with E-state index < -0.39 is 0 Å². The number of nitrogens with zero attached hydrogens (tertiary/aromatic N) is 3. The second-order valence-electron chi connectivity index (χ2n) is 3.64. The fourth-order valence-corrected chi connectivity index (χ4v) is 2.35. The number of halogens is 2. The molecule has 5 heteroatoms. The van der Waals surface area contributed by atoms with Gasteiger partial charge in [0.2, 0.25) is 0 Å². The summed E-state index contributed by atoms with van der Waals surface area (Å²) in [5.41, 5.74) is 3.27. The number of aryl methyl sites for hydroxylation is 1. The van der Waals surface area contributed by atoms with Crippen molar-refractivity contribution in [3.63, 3.8) is 0 Å². The molecule has 0 unspecified atom stereocenters. The SMILES string of the molecule is Cc1nn(-c2cccc(Br)c2C#N)c(C)c1Br. The van der Waals surface area contributed by atoms with Gasteiger partial charge in [-0.15, -0.1) is 0 Å². The van der Waals surface area contributed by atoms with Gasteiger partial charge in [-0.1, -0.05) is 6.07 Å². The maximum Gasteiger partial charge on any atom is 0.103 e. The quantitative estimate of drug-likeness (QED) is 0.779. The van der Waals surface area contributed by atoms with Gasteiger partial charge in [-0.05, 0) is 57.8 Å². The zero-order valence-electron chi connectivity index (χ0n) is 9.33. The van der Waals surface area contributed by atoms with Crippen LogP contribution in [0.2, 0.25) is 0 Å². The van der Waals surface area contributed by atoms with Crippen LogP contribution in [0, 0.1) is 25.2 Å². The average molecular weight is 355 g/mol. The van der Waals surface area contributed by atoms with Gasteiger partial charge in [0.25, 0.3) is 0 Å². The summed E-state index contributed by atoms with van der Waals surface area (Å²) in [6, 6.07) is 7.82. The Balaban J connectivity index is 2.74. The molecule has 3 nitrogen and oxygen atoms in total. The van der Waals surface area contributed by atoms with Crippen molar-refractivity contribution in [2.45, 2.75) is 13.8 Å². The maximum absolute atomic E-state index is 9.19. The smallest absolute Gasteiger partial charge is 0.103 e. The summed E-state index contributed by atoms with van der Waals surface area (Å²) in [6.07, 6.45) is 0. The molecule has 1 aromatic carbocycles. The molecular formula is C12H9Br2N3. The number of aromatic nitrogens is 2. The van der Waals surface area contributed by atoms with E-state index in [0.717, 1.165) is 26.0 Å². The lowest BCUT2D eigenvalue weighted by atomic mass is 10.2. The van der Waals surface area contributed by atoms with Crippen molar-refractivity contribution in [1.29, 1.82) is 5.26 Å². The highest BCUT2D eigenvalue weighted by atomic mass is 79.9. The molecule has 0 aliphatic heterocycles. The Labute approximate surface area is 116 Å². The van der Waals surface area contributed by atoms with Crippen LogP contribution in [0.15, 0.2) is 27.1 Å². The Bertz CT molecular complexity index is 623. The first-order valence-electron chi connectivity index (χ1n) is 4.97. The molecule has 0 fully saturated rings. The Hall–Kier alpha value is -1.12. The van der Waals surface area contributed by atoms with Crippen molar-refractivity contribution in [2.75, 3.05) is 0 Å². The largest absolute Gasteiger partial charge is 0.235 e. The fraction of sp³-hybridized carbons (Fsp3) is 0.167. The normalized spacial score (nSPS) is 10.3. The molecule has 2 aromatic rings.